The van der Waals surface area contributed by atoms with E-state index in [1.165, 1.54) is 95.4 Å². The average Bonchev–Trinajstić information content (AvgIpc) is 3.32. The largest absolute Gasteiger partial charge is 0.496 e. The van der Waals surface area contributed by atoms with Crippen LogP contribution < -0.4 is 10.1 Å². The SMILES string of the molecule is CCCCCCCCCCCCCCCCn1c(CCCNC(=O)c2ccccc2OC)nc2ccccc21. The third kappa shape index (κ3) is 10.7. The number of imidazole rings is 1. The molecule has 0 saturated carbocycles. The first-order valence-electron chi connectivity index (χ1n) is 15.6. The molecular weight excluding hydrogens is 482 g/mol. The van der Waals surface area contributed by atoms with Crippen LogP contribution in [0.1, 0.15) is 119 Å². The number of nitrogens with one attached hydrogen (secondary N) is 1. The maximum absolute atomic E-state index is 12.6. The Kier molecular flexibility index (Phi) is 14.5. The van der Waals surface area contributed by atoms with Gasteiger partial charge in [0.15, 0.2) is 0 Å². The Labute approximate surface area is 236 Å². The van der Waals surface area contributed by atoms with Crippen LogP contribution in [-0.4, -0.2) is 29.1 Å². The third-order valence-corrected chi connectivity index (χ3v) is 7.68. The summed E-state index contributed by atoms with van der Waals surface area (Å²) in [7, 11) is 1.59. The van der Waals surface area contributed by atoms with E-state index in [1.807, 2.05) is 18.2 Å². The van der Waals surface area contributed by atoms with Crippen LogP contribution in [0.2, 0.25) is 0 Å². The summed E-state index contributed by atoms with van der Waals surface area (Å²) in [6, 6.07) is 15.8. The predicted molar refractivity (Wildman–Crippen MR) is 164 cm³/mol. The van der Waals surface area contributed by atoms with Gasteiger partial charge in [-0.3, -0.25) is 4.79 Å². The maximum atomic E-state index is 12.6. The van der Waals surface area contributed by atoms with Crippen molar-refractivity contribution in [3.63, 3.8) is 0 Å². The molecule has 214 valence electrons. The standard InChI is InChI=1S/C34H51N3O2/c1-3-4-5-6-7-8-9-10-11-12-13-14-15-20-28-37-31-24-18-17-23-30(31)36-33(37)26-21-27-35-34(38)29-22-16-19-25-32(29)39-2/h16-19,22-25H,3-15,20-21,26-28H2,1-2H3,(H,35,38). The second kappa shape index (κ2) is 18.5. The zero-order valence-electron chi connectivity index (χ0n) is 24.6. The fraction of sp³-hybridized carbons (Fsp3) is 0.588. The van der Waals surface area contributed by atoms with E-state index in [4.69, 9.17) is 9.72 Å². The van der Waals surface area contributed by atoms with Gasteiger partial charge in [-0.25, -0.2) is 4.98 Å². The van der Waals surface area contributed by atoms with Crippen molar-refractivity contribution >= 4 is 16.9 Å². The summed E-state index contributed by atoms with van der Waals surface area (Å²) in [6.45, 7) is 3.91. The number of nitrogens with zero attached hydrogens (tertiary/aromatic N) is 2. The van der Waals surface area contributed by atoms with Crippen molar-refractivity contribution in [2.24, 2.45) is 0 Å². The molecule has 0 aliphatic carbocycles. The van der Waals surface area contributed by atoms with Crippen LogP contribution in [0.3, 0.4) is 0 Å². The van der Waals surface area contributed by atoms with Gasteiger partial charge >= 0.3 is 0 Å². The molecule has 2 aromatic carbocycles. The molecule has 0 spiro atoms. The van der Waals surface area contributed by atoms with Gasteiger partial charge in [0, 0.05) is 19.5 Å². The Morgan fingerprint density at radius 2 is 1.36 bits per heavy atom. The molecule has 0 saturated heterocycles. The molecule has 3 rings (SSSR count). The van der Waals surface area contributed by atoms with Gasteiger partial charge in [0.25, 0.3) is 5.91 Å². The molecular formula is C34H51N3O2. The van der Waals surface area contributed by atoms with Gasteiger partial charge in [-0.2, -0.15) is 0 Å². The van der Waals surface area contributed by atoms with Crippen LogP contribution in [0, 0.1) is 0 Å². The lowest BCUT2D eigenvalue weighted by atomic mass is 10.0. The van der Waals surface area contributed by atoms with Gasteiger partial charge in [-0.05, 0) is 37.1 Å². The number of methoxy groups -OCH3 is 1. The molecule has 1 N–H and O–H groups in total. The molecule has 0 unspecified atom stereocenters. The summed E-state index contributed by atoms with van der Waals surface area (Å²) in [4.78, 5) is 17.5. The molecule has 0 radical (unpaired) electrons. The molecule has 1 heterocycles. The number of rotatable bonds is 21. The van der Waals surface area contributed by atoms with Crippen LogP contribution in [0.5, 0.6) is 5.75 Å². The molecule has 0 aliphatic rings. The number of aryl methyl sites for hydroxylation is 2. The molecule has 39 heavy (non-hydrogen) atoms. The topological polar surface area (TPSA) is 56.2 Å². The Balaban J connectivity index is 1.34. The number of carbonyl (C=O) groups excluding carboxylic acids is 1. The Morgan fingerprint density at radius 3 is 2.03 bits per heavy atom. The first-order valence-corrected chi connectivity index (χ1v) is 15.6. The number of hydrogen-bond acceptors (Lipinski definition) is 3. The van der Waals surface area contributed by atoms with E-state index in [-0.39, 0.29) is 5.91 Å². The molecule has 0 fully saturated rings. The number of benzene rings is 2. The zero-order chi connectivity index (χ0) is 27.5. The monoisotopic (exact) mass is 533 g/mol. The van der Waals surface area contributed by atoms with Gasteiger partial charge in [-0.15, -0.1) is 0 Å². The quantitative estimate of drug-likeness (QED) is 0.139. The number of amides is 1. The Morgan fingerprint density at radius 1 is 0.769 bits per heavy atom. The Bertz CT molecular complexity index is 1090. The highest BCUT2D eigenvalue weighted by atomic mass is 16.5. The number of ether oxygens (including phenoxy) is 1. The lowest BCUT2D eigenvalue weighted by Gasteiger charge is -2.11. The number of fused-ring (bicyclic) bond motifs is 1. The normalized spacial score (nSPS) is 11.2. The summed E-state index contributed by atoms with van der Waals surface area (Å²) < 4.78 is 7.72. The van der Waals surface area contributed by atoms with Crippen molar-refractivity contribution in [1.29, 1.82) is 0 Å². The lowest BCUT2D eigenvalue weighted by Crippen LogP contribution is -2.25. The van der Waals surface area contributed by atoms with Crippen molar-refractivity contribution in [2.75, 3.05) is 13.7 Å². The van der Waals surface area contributed by atoms with Gasteiger partial charge in [0.1, 0.15) is 11.6 Å². The van der Waals surface area contributed by atoms with E-state index < -0.39 is 0 Å². The smallest absolute Gasteiger partial charge is 0.255 e. The van der Waals surface area contributed by atoms with Crippen molar-refractivity contribution in [2.45, 2.75) is 116 Å². The van der Waals surface area contributed by atoms with Gasteiger partial charge in [-0.1, -0.05) is 115 Å². The van der Waals surface area contributed by atoms with Crippen molar-refractivity contribution < 1.29 is 9.53 Å². The maximum Gasteiger partial charge on any atom is 0.255 e. The summed E-state index contributed by atoms with van der Waals surface area (Å²) in [5.41, 5.74) is 2.86. The number of carbonyl (C=O) groups is 1. The van der Waals surface area contributed by atoms with Crippen LogP contribution in [-0.2, 0) is 13.0 Å². The summed E-state index contributed by atoms with van der Waals surface area (Å²) in [5, 5.41) is 3.04. The minimum atomic E-state index is -0.0941. The number of para-hydroxylation sites is 3. The highest BCUT2D eigenvalue weighted by Gasteiger charge is 2.12. The van der Waals surface area contributed by atoms with Gasteiger partial charge in [0.2, 0.25) is 0 Å². The first-order chi connectivity index (χ1) is 19.2. The molecule has 1 aromatic heterocycles. The fourth-order valence-corrected chi connectivity index (χ4v) is 5.41. The summed E-state index contributed by atoms with van der Waals surface area (Å²) in [5.74, 6) is 1.63. The number of unbranched alkanes of at least 4 members (excludes halogenated alkanes) is 13. The fourth-order valence-electron chi connectivity index (χ4n) is 5.41. The van der Waals surface area contributed by atoms with Crippen LogP contribution >= 0.6 is 0 Å². The van der Waals surface area contributed by atoms with E-state index in [1.54, 1.807) is 13.2 Å². The first kappa shape index (κ1) is 30.7. The van der Waals surface area contributed by atoms with Crippen molar-refractivity contribution in [3.05, 3.63) is 59.9 Å². The molecule has 1 amide bonds. The summed E-state index contributed by atoms with van der Waals surface area (Å²) in [6.07, 6.45) is 20.9. The van der Waals surface area contributed by atoms with Crippen molar-refractivity contribution in [1.82, 2.24) is 14.9 Å². The van der Waals surface area contributed by atoms with Crippen LogP contribution in [0.15, 0.2) is 48.5 Å². The molecule has 5 nitrogen and oxygen atoms in total. The molecule has 5 heteroatoms. The van der Waals surface area contributed by atoms with E-state index in [2.05, 4.69) is 41.1 Å². The minimum Gasteiger partial charge on any atom is -0.496 e. The summed E-state index contributed by atoms with van der Waals surface area (Å²) >= 11 is 0. The van der Waals surface area contributed by atoms with E-state index in [0.717, 1.165) is 30.7 Å². The molecule has 0 atom stereocenters. The highest BCUT2D eigenvalue weighted by Crippen LogP contribution is 2.20. The third-order valence-electron chi connectivity index (χ3n) is 7.68. The van der Waals surface area contributed by atoms with Gasteiger partial charge in [0.05, 0.1) is 23.7 Å². The number of aromatic nitrogens is 2. The van der Waals surface area contributed by atoms with Crippen LogP contribution in [0.25, 0.3) is 11.0 Å². The molecule has 0 aliphatic heterocycles. The molecule has 3 aromatic rings. The van der Waals surface area contributed by atoms with E-state index in [9.17, 15) is 4.79 Å². The molecule has 0 bridgehead atoms. The van der Waals surface area contributed by atoms with Crippen LogP contribution in [0.4, 0.5) is 0 Å². The zero-order valence-corrected chi connectivity index (χ0v) is 24.6. The average molecular weight is 534 g/mol. The van der Waals surface area contributed by atoms with Gasteiger partial charge < -0.3 is 14.6 Å². The number of hydrogen-bond donors (Lipinski definition) is 1. The minimum absolute atomic E-state index is 0.0941. The van der Waals surface area contributed by atoms with E-state index in [0.29, 0.717) is 17.9 Å². The van der Waals surface area contributed by atoms with E-state index >= 15 is 0 Å². The Hall–Kier alpha value is -2.82. The predicted octanol–water partition coefficient (Wildman–Crippen LogP) is 8.89. The second-order valence-electron chi connectivity index (χ2n) is 10.8. The second-order valence-corrected chi connectivity index (χ2v) is 10.8. The highest BCUT2D eigenvalue weighted by molar-refractivity contribution is 5.96. The van der Waals surface area contributed by atoms with Crippen molar-refractivity contribution in [3.8, 4) is 5.75 Å². The lowest BCUT2D eigenvalue weighted by molar-refractivity contribution is 0.0950.